The van der Waals surface area contributed by atoms with Gasteiger partial charge in [0.25, 0.3) is 0 Å². The summed E-state index contributed by atoms with van der Waals surface area (Å²) in [5.41, 5.74) is 1.22. The number of rotatable bonds is 8. The zero-order chi connectivity index (χ0) is 12.6. The van der Waals surface area contributed by atoms with Gasteiger partial charge in [0.05, 0.1) is 13.2 Å². The Balaban J connectivity index is 1.55. The van der Waals surface area contributed by atoms with Gasteiger partial charge in [0.1, 0.15) is 12.2 Å². The van der Waals surface area contributed by atoms with Crippen LogP contribution in [0.2, 0.25) is 0 Å². The van der Waals surface area contributed by atoms with E-state index in [1.165, 1.54) is 18.4 Å². The summed E-state index contributed by atoms with van der Waals surface area (Å²) < 4.78 is 11.2. The molecule has 1 fully saturated rings. The molecule has 0 unspecified atom stereocenters. The molecule has 0 aliphatic carbocycles. The van der Waals surface area contributed by atoms with E-state index in [-0.39, 0.29) is 12.2 Å². The number of hydrogen-bond acceptors (Lipinski definition) is 2. The highest BCUT2D eigenvalue weighted by Crippen LogP contribution is 2.24. The molecule has 0 radical (unpaired) electrons. The van der Waals surface area contributed by atoms with Crippen LogP contribution < -0.4 is 0 Å². The molecule has 0 spiro atoms. The van der Waals surface area contributed by atoms with Gasteiger partial charge in [-0.3, -0.25) is 0 Å². The highest BCUT2D eigenvalue weighted by Gasteiger charge is 2.36. The van der Waals surface area contributed by atoms with Gasteiger partial charge in [-0.25, -0.2) is 0 Å². The van der Waals surface area contributed by atoms with Gasteiger partial charge < -0.3 is 9.47 Å². The van der Waals surface area contributed by atoms with Crippen LogP contribution in [0.5, 0.6) is 0 Å². The molecule has 0 amide bonds. The van der Waals surface area contributed by atoms with Crippen molar-refractivity contribution in [1.29, 1.82) is 0 Å². The van der Waals surface area contributed by atoms with Gasteiger partial charge >= 0.3 is 0 Å². The first-order valence-electron chi connectivity index (χ1n) is 6.84. The summed E-state index contributed by atoms with van der Waals surface area (Å²) in [5.74, 6) is 0. The summed E-state index contributed by atoms with van der Waals surface area (Å²) in [6.07, 6.45) is 8.63. The summed E-state index contributed by atoms with van der Waals surface area (Å²) in [4.78, 5) is 0. The molecule has 1 aromatic carbocycles. The molecule has 18 heavy (non-hydrogen) atoms. The lowest BCUT2D eigenvalue weighted by Crippen LogP contribution is -2.03. The number of allylic oxidation sites excluding steroid dienone is 1. The largest absolute Gasteiger partial charge is 0.374 e. The number of epoxide rings is 1. The molecule has 1 aromatic rings. The normalized spacial score (nSPS) is 22.5. The average Bonchev–Trinajstić information content (AvgIpc) is 3.15. The van der Waals surface area contributed by atoms with E-state index in [0.29, 0.717) is 13.2 Å². The van der Waals surface area contributed by atoms with E-state index in [0.717, 1.165) is 6.42 Å². The molecule has 0 saturated carbocycles. The van der Waals surface area contributed by atoms with Crippen LogP contribution in [-0.2, 0) is 16.1 Å². The third-order valence-electron chi connectivity index (χ3n) is 3.07. The van der Waals surface area contributed by atoms with Gasteiger partial charge in [0.15, 0.2) is 0 Å². The molecule has 1 aliphatic rings. The minimum Gasteiger partial charge on any atom is -0.374 e. The molecule has 0 N–H and O–H groups in total. The number of unbranched alkanes of at least 4 members (excludes halogenated alkanes) is 2. The topological polar surface area (TPSA) is 21.8 Å². The second-order valence-electron chi connectivity index (χ2n) is 4.71. The Labute approximate surface area is 110 Å². The van der Waals surface area contributed by atoms with Gasteiger partial charge in [-0.1, -0.05) is 62.2 Å². The molecular formula is C16H22O2. The molecule has 1 saturated heterocycles. The van der Waals surface area contributed by atoms with E-state index in [9.17, 15) is 0 Å². The predicted octanol–water partition coefficient (Wildman–Crippen LogP) is 3.72. The van der Waals surface area contributed by atoms with Crippen LogP contribution in [0.3, 0.4) is 0 Å². The SMILES string of the molecule is CCCC/C=C\[C@H]1O[C@H]1COCc1ccccc1. The van der Waals surface area contributed by atoms with Gasteiger partial charge in [-0.05, 0) is 12.0 Å². The van der Waals surface area contributed by atoms with Crippen LogP contribution in [0, 0.1) is 0 Å². The third-order valence-corrected chi connectivity index (χ3v) is 3.07. The standard InChI is InChI=1S/C16H22O2/c1-2-3-4-8-11-15-16(18-15)13-17-12-14-9-6-5-7-10-14/h5-11,15-16H,2-4,12-13H2,1H3/b11-8-/t15-,16+/m1/s1. The van der Waals surface area contributed by atoms with Gasteiger partial charge in [0.2, 0.25) is 0 Å². The average molecular weight is 246 g/mol. The maximum Gasteiger partial charge on any atom is 0.111 e. The van der Waals surface area contributed by atoms with Crippen molar-refractivity contribution in [3.63, 3.8) is 0 Å². The molecule has 0 aromatic heterocycles. The molecule has 2 rings (SSSR count). The number of ether oxygens (including phenoxy) is 2. The van der Waals surface area contributed by atoms with E-state index in [1.807, 2.05) is 18.2 Å². The summed E-state index contributed by atoms with van der Waals surface area (Å²) in [6, 6.07) is 10.2. The van der Waals surface area contributed by atoms with E-state index >= 15 is 0 Å². The van der Waals surface area contributed by atoms with Crippen molar-refractivity contribution >= 4 is 0 Å². The van der Waals surface area contributed by atoms with Crippen molar-refractivity contribution in [2.45, 2.75) is 45.0 Å². The minimum absolute atomic E-state index is 0.270. The summed E-state index contributed by atoms with van der Waals surface area (Å²) in [7, 11) is 0. The van der Waals surface area contributed by atoms with Crippen molar-refractivity contribution in [2.24, 2.45) is 0 Å². The molecular weight excluding hydrogens is 224 g/mol. The fraction of sp³-hybridized carbons (Fsp3) is 0.500. The van der Waals surface area contributed by atoms with Crippen LogP contribution in [-0.4, -0.2) is 18.8 Å². The lowest BCUT2D eigenvalue weighted by Gasteiger charge is -2.01. The van der Waals surface area contributed by atoms with Crippen molar-refractivity contribution in [3.8, 4) is 0 Å². The second-order valence-corrected chi connectivity index (χ2v) is 4.71. The zero-order valence-corrected chi connectivity index (χ0v) is 11.0. The molecule has 0 bridgehead atoms. The van der Waals surface area contributed by atoms with Crippen LogP contribution in [0.1, 0.15) is 31.7 Å². The Morgan fingerprint density at radius 2 is 2.11 bits per heavy atom. The molecule has 2 heteroatoms. The van der Waals surface area contributed by atoms with Crippen LogP contribution in [0.15, 0.2) is 42.5 Å². The van der Waals surface area contributed by atoms with Crippen molar-refractivity contribution in [1.82, 2.24) is 0 Å². The Hall–Kier alpha value is -1.12. The maximum atomic E-state index is 5.64. The predicted molar refractivity (Wildman–Crippen MR) is 73.4 cm³/mol. The quantitative estimate of drug-likeness (QED) is 0.396. The smallest absolute Gasteiger partial charge is 0.111 e. The first kappa shape index (κ1) is 13.3. The fourth-order valence-electron chi connectivity index (χ4n) is 1.88. The van der Waals surface area contributed by atoms with Crippen molar-refractivity contribution < 1.29 is 9.47 Å². The van der Waals surface area contributed by atoms with Crippen LogP contribution in [0.25, 0.3) is 0 Å². The maximum absolute atomic E-state index is 5.64. The van der Waals surface area contributed by atoms with Crippen LogP contribution in [0.4, 0.5) is 0 Å². The number of hydrogen-bond donors (Lipinski definition) is 0. The number of benzene rings is 1. The highest BCUT2D eigenvalue weighted by atomic mass is 16.6. The molecule has 2 atom stereocenters. The second kappa shape index (κ2) is 7.34. The van der Waals surface area contributed by atoms with Gasteiger partial charge in [0, 0.05) is 0 Å². The lowest BCUT2D eigenvalue weighted by atomic mass is 10.2. The van der Waals surface area contributed by atoms with Gasteiger partial charge in [-0.15, -0.1) is 0 Å². The highest BCUT2D eigenvalue weighted by molar-refractivity contribution is 5.13. The third kappa shape index (κ3) is 4.63. The Morgan fingerprint density at radius 1 is 1.28 bits per heavy atom. The van der Waals surface area contributed by atoms with E-state index in [1.54, 1.807) is 0 Å². The van der Waals surface area contributed by atoms with E-state index < -0.39 is 0 Å². The fourth-order valence-corrected chi connectivity index (χ4v) is 1.88. The Morgan fingerprint density at radius 3 is 2.89 bits per heavy atom. The summed E-state index contributed by atoms with van der Waals surface area (Å²) in [5, 5.41) is 0. The molecule has 1 heterocycles. The van der Waals surface area contributed by atoms with E-state index in [2.05, 4.69) is 31.2 Å². The monoisotopic (exact) mass is 246 g/mol. The van der Waals surface area contributed by atoms with Crippen LogP contribution >= 0.6 is 0 Å². The van der Waals surface area contributed by atoms with Crippen molar-refractivity contribution in [3.05, 3.63) is 48.0 Å². The molecule has 2 nitrogen and oxygen atoms in total. The Bertz CT molecular complexity index is 359. The van der Waals surface area contributed by atoms with Gasteiger partial charge in [-0.2, -0.15) is 0 Å². The molecule has 1 aliphatic heterocycles. The minimum atomic E-state index is 0.270. The van der Waals surface area contributed by atoms with E-state index in [4.69, 9.17) is 9.47 Å². The summed E-state index contributed by atoms with van der Waals surface area (Å²) >= 11 is 0. The first-order chi connectivity index (χ1) is 8.90. The molecule has 98 valence electrons. The Kier molecular flexibility index (Phi) is 5.43. The van der Waals surface area contributed by atoms with Crippen molar-refractivity contribution in [2.75, 3.05) is 6.61 Å². The lowest BCUT2D eigenvalue weighted by molar-refractivity contribution is 0.104. The first-order valence-corrected chi connectivity index (χ1v) is 6.84. The zero-order valence-electron chi connectivity index (χ0n) is 11.0. The summed E-state index contributed by atoms with van der Waals surface area (Å²) in [6.45, 7) is 3.58.